The predicted molar refractivity (Wildman–Crippen MR) is 101 cm³/mol. The van der Waals surface area contributed by atoms with Crippen LogP contribution in [0.5, 0.6) is 0 Å². The molecule has 146 valence electrons. The summed E-state index contributed by atoms with van der Waals surface area (Å²) in [7, 11) is 1.67. The summed E-state index contributed by atoms with van der Waals surface area (Å²) >= 11 is 0. The molecular weight excluding hydrogens is 360 g/mol. The van der Waals surface area contributed by atoms with Crippen LogP contribution in [0.3, 0.4) is 0 Å². The molecule has 1 fully saturated rings. The summed E-state index contributed by atoms with van der Waals surface area (Å²) < 4.78 is 6.94. The molecule has 9 nitrogen and oxygen atoms in total. The summed E-state index contributed by atoms with van der Waals surface area (Å²) in [5.41, 5.74) is 7.16. The molecule has 1 saturated heterocycles. The maximum Gasteiger partial charge on any atom is 0.263 e. The number of hydrogen-bond donors (Lipinski definition) is 2. The van der Waals surface area contributed by atoms with Gasteiger partial charge >= 0.3 is 0 Å². The largest absolute Gasteiger partial charge is 0.366 e. The summed E-state index contributed by atoms with van der Waals surface area (Å²) in [4.78, 5) is 26.8. The Morgan fingerprint density at radius 3 is 2.79 bits per heavy atom. The van der Waals surface area contributed by atoms with E-state index >= 15 is 0 Å². The highest BCUT2D eigenvalue weighted by Crippen LogP contribution is 2.20. The van der Waals surface area contributed by atoms with Crippen molar-refractivity contribution in [3.63, 3.8) is 0 Å². The third kappa shape index (κ3) is 3.82. The highest BCUT2D eigenvalue weighted by Gasteiger charge is 2.39. The van der Waals surface area contributed by atoms with Crippen LogP contribution in [0.25, 0.3) is 0 Å². The minimum Gasteiger partial charge on any atom is -0.366 e. The van der Waals surface area contributed by atoms with Crippen LogP contribution in [0, 0.1) is 18.3 Å². The third-order valence-electron chi connectivity index (χ3n) is 4.67. The van der Waals surface area contributed by atoms with E-state index in [-0.39, 0.29) is 12.5 Å². The zero-order chi connectivity index (χ0) is 20.3. The molecule has 1 aromatic carbocycles. The molecular formula is C19H22N6O3. The topological polar surface area (TPSA) is 112 Å². The lowest BCUT2D eigenvalue weighted by Crippen LogP contribution is -2.60. The van der Waals surface area contributed by atoms with Gasteiger partial charge in [-0.15, -0.1) is 0 Å². The fraction of sp³-hybridized carbons (Fsp3) is 0.368. The number of nitrogens with zero attached hydrogens (tertiary/aromatic N) is 4. The van der Waals surface area contributed by atoms with Gasteiger partial charge in [0.25, 0.3) is 5.91 Å². The highest BCUT2D eigenvalue weighted by atomic mass is 16.5. The number of nitrogens with one attached hydrogen (secondary N) is 2. The van der Waals surface area contributed by atoms with E-state index in [1.807, 2.05) is 30.3 Å². The Morgan fingerprint density at radius 2 is 2.11 bits per heavy atom. The van der Waals surface area contributed by atoms with Crippen LogP contribution in [0.15, 0.2) is 30.3 Å². The molecule has 0 bridgehead atoms. The second-order valence-corrected chi connectivity index (χ2v) is 6.63. The maximum absolute atomic E-state index is 12.9. The fourth-order valence-corrected chi connectivity index (χ4v) is 3.24. The number of carbonyl (C=O) groups is 2. The second kappa shape index (κ2) is 8.10. The van der Waals surface area contributed by atoms with Crippen LogP contribution < -0.4 is 10.9 Å². The van der Waals surface area contributed by atoms with Crippen LogP contribution in [-0.2, 0) is 27.9 Å². The molecule has 0 saturated carbocycles. The van der Waals surface area contributed by atoms with Gasteiger partial charge in [-0.3, -0.25) is 25.1 Å². The van der Waals surface area contributed by atoms with E-state index in [2.05, 4.69) is 22.0 Å². The number of morpholine rings is 1. The van der Waals surface area contributed by atoms with E-state index in [9.17, 15) is 14.9 Å². The second-order valence-electron chi connectivity index (χ2n) is 6.63. The van der Waals surface area contributed by atoms with Crippen LogP contribution in [0.2, 0.25) is 0 Å². The van der Waals surface area contributed by atoms with Crippen molar-refractivity contribution < 1.29 is 14.3 Å². The Kier molecular flexibility index (Phi) is 5.61. The van der Waals surface area contributed by atoms with E-state index in [1.54, 1.807) is 20.9 Å². The average molecular weight is 382 g/mol. The molecule has 0 unspecified atom stereocenters. The van der Waals surface area contributed by atoms with E-state index < -0.39 is 18.1 Å². The van der Waals surface area contributed by atoms with Crippen LogP contribution in [0.4, 0.5) is 5.82 Å². The van der Waals surface area contributed by atoms with E-state index in [4.69, 9.17) is 4.74 Å². The molecule has 1 aliphatic rings. The zero-order valence-corrected chi connectivity index (χ0v) is 16.0. The molecule has 2 amide bonds. The summed E-state index contributed by atoms with van der Waals surface area (Å²) in [6.07, 6.45) is -0.480. The van der Waals surface area contributed by atoms with Gasteiger partial charge in [0.2, 0.25) is 5.91 Å². The monoisotopic (exact) mass is 382 g/mol. The maximum atomic E-state index is 12.9. The fourth-order valence-electron chi connectivity index (χ4n) is 3.24. The number of rotatable bonds is 5. The normalized spacial score (nSPS) is 19.2. The number of aromatic nitrogens is 2. The van der Waals surface area contributed by atoms with Crippen LogP contribution in [-0.4, -0.2) is 45.2 Å². The smallest absolute Gasteiger partial charge is 0.263 e. The molecule has 0 aliphatic carbocycles. The lowest BCUT2D eigenvalue weighted by molar-refractivity contribution is -0.163. The first kappa shape index (κ1) is 19.4. The summed E-state index contributed by atoms with van der Waals surface area (Å²) in [5, 5.41) is 13.4. The average Bonchev–Trinajstić information content (AvgIpc) is 2.96. The molecule has 0 spiro atoms. The van der Waals surface area contributed by atoms with Gasteiger partial charge in [-0.05, 0) is 19.4 Å². The Labute approximate surface area is 162 Å². The molecule has 3 rings (SSSR count). The van der Waals surface area contributed by atoms with Gasteiger partial charge in [-0.25, -0.2) is 0 Å². The number of amides is 2. The Balaban J connectivity index is 1.77. The molecule has 1 aromatic heterocycles. The Hall–Kier alpha value is -3.38. The number of ether oxygens (including phenoxy) is 1. The van der Waals surface area contributed by atoms with Crippen LogP contribution >= 0.6 is 0 Å². The zero-order valence-electron chi connectivity index (χ0n) is 16.0. The molecule has 1 aliphatic heterocycles. The number of benzene rings is 1. The Bertz CT molecular complexity index is 918. The van der Waals surface area contributed by atoms with Gasteiger partial charge in [-0.1, -0.05) is 30.3 Å². The van der Waals surface area contributed by atoms with Crippen molar-refractivity contribution in [2.45, 2.75) is 32.5 Å². The number of hydrogen-bond acceptors (Lipinski definition) is 6. The van der Waals surface area contributed by atoms with Crippen molar-refractivity contribution in [2.75, 3.05) is 12.0 Å². The first-order valence-electron chi connectivity index (χ1n) is 8.87. The van der Waals surface area contributed by atoms with Crippen LogP contribution in [0.1, 0.15) is 23.7 Å². The van der Waals surface area contributed by atoms with Crippen molar-refractivity contribution in [2.24, 2.45) is 7.05 Å². The number of aryl methyl sites for hydroxylation is 2. The molecule has 2 atom stereocenters. The summed E-state index contributed by atoms with van der Waals surface area (Å²) in [5.74, 6) is -0.311. The SMILES string of the molecule is Cc1nn(C)c(NNC(=O)[C@@H]2[C@@H](C)OCC(=O)N2Cc2ccccc2)c1C#N. The van der Waals surface area contributed by atoms with Crippen molar-refractivity contribution in [3.8, 4) is 6.07 Å². The molecule has 2 N–H and O–H groups in total. The lowest BCUT2D eigenvalue weighted by atomic mass is 10.1. The third-order valence-corrected chi connectivity index (χ3v) is 4.67. The van der Waals surface area contributed by atoms with Gasteiger partial charge in [0.1, 0.15) is 24.3 Å². The standard InChI is InChI=1S/C19H22N6O3/c1-12-15(9-20)18(24(3)23-12)21-22-19(27)17-13(2)28-11-16(26)25(17)10-14-7-5-4-6-8-14/h4-8,13,17,21H,10-11H2,1-3H3,(H,22,27)/t13-,17+/m1/s1. The quantitative estimate of drug-likeness (QED) is 0.742. The highest BCUT2D eigenvalue weighted by molar-refractivity contribution is 5.90. The lowest BCUT2D eigenvalue weighted by Gasteiger charge is -2.38. The molecule has 0 radical (unpaired) electrons. The summed E-state index contributed by atoms with van der Waals surface area (Å²) in [6.45, 7) is 3.71. The minimum absolute atomic E-state index is 0.0648. The number of nitriles is 1. The molecule has 2 aromatic rings. The van der Waals surface area contributed by atoms with Crippen molar-refractivity contribution in [3.05, 3.63) is 47.2 Å². The minimum atomic E-state index is -0.811. The van der Waals surface area contributed by atoms with E-state index in [1.165, 1.54) is 9.58 Å². The van der Waals surface area contributed by atoms with Gasteiger partial charge in [0, 0.05) is 13.6 Å². The predicted octanol–water partition coefficient (Wildman–Crippen LogP) is 0.859. The Morgan fingerprint density at radius 1 is 1.39 bits per heavy atom. The molecule has 9 heteroatoms. The van der Waals surface area contributed by atoms with Gasteiger partial charge in [0.05, 0.1) is 11.8 Å². The first-order valence-corrected chi connectivity index (χ1v) is 8.87. The number of carbonyl (C=O) groups excluding carboxylic acids is 2. The van der Waals surface area contributed by atoms with E-state index in [0.29, 0.717) is 23.6 Å². The molecule has 2 heterocycles. The van der Waals surface area contributed by atoms with E-state index in [0.717, 1.165) is 5.56 Å². The van der Waals surface area contributed by atoms with Crippen molar-refractivity contribution in [1.29, 1.82) is 5.26 Å². The number of hydrazine groups is 1. The van der Waals surface area contributed by atoms with Gasteiger partial charge < -0.3 is 9.64 Å². The van der Waals surface area contributed by atoms with Crippen molar-refractivity contribution in [1.82, 2.24) is 20.1 Å². The summed E-state index contributed by atoms with van der Waals surface area (Å²) in [6, 6.07) is 10.7. The first-order chi connectivity index (χ1) is 13.4. The molecule has 28 heavy (non-hydrogen) atoms. The van der Waals surface area contributed by atoms with Gasteiger partial charge in [0.15, 0.2) is 5.82 Å². The van der Waals surface area contributed by atoms with Crippen molar-refractivity contribution >= 4 is 17.6 Å². The number of anilines is 1. The van der Waals surface area contributed by atoms with Gasteiger partial charge in [-0.2, -0.15) is 10.4 Å².